The molecule has 7 aromatic rings. The summed E-state index contributed by atoms with van der Waals surface area (Å²) in [4.78, 5) is 0. The molecule has 7 rings (SSSR count). The molecule has 1 unspecified atom stereocenters. The van der Waals surface area contributed by atoms with Crippen LogP contribution in [0.15, 0.2) is 120 Å². The third-order valence-corrected chi connectivity index (χ3v) is 9.99. The first-order valence-electron chi connectivity index (χ1n) is 15.5. The Balaban J connectivity index is 1.57. The van der Waals surface area contributed by atoms with Crippen molar-refractivity contribution in [3.63, 3.8) is 0 Å². The van der Waals surface area contributed by atoms with Crippen LogP contribution in [0.4, 0.5) is 0 Å². The van der Waals surface area contributed by atoms with Gasteiger partial charge in [0.2, 0.25) is 11.4 Å². The topological polar surface area (TPSA) is 20.9 Å². The van der Waals surface area contributed by atoms with Crippen molar-refractivity contribution in [1.29, 1.82) is 0 Å². The summed E-state index contributed by atoms with van der Waals surface area (Å²) < 4.78 is 11.6. The van der Waals surface area contributed by atoms with Crippen LogP contribution in [0, 0.1) is 13.8 Å². The van der Waals surface area contributed by atoms with E-state index in [0.717, 1.165) is 21.9 Å². The average molecular weight is 577 g/mol. The van der Waals surface area contributed by atoms with Gasteiger partial charge in [-0.2, -0.15) is 0 Å². The fourth-order valence-corrected chi connectivity index (χ4v) is 7.80. The normalized spacial score (nSPS) is 13.5. The number of furan rings is 1. The third kappa shape index (κ3) is 4.10. The molecule has 3 heterocycles. The molecule has 44 heavy (non-hydrogen) atoms. The fraction of sp³-hybridized carbons (Fsp3) is 0.220. The van der Waals surface area contributed by atoms with E-state index in [-0.39, 0.29) is 5.41 Å². The second-order valence-corrected chi connectivity index (χ2v) is 13.0. The molecule has 0 fully saturated rings. The highest BCUT2D eigenvalue weighted by atomic mass is 16.3. The van der Waals surface area contributed by atoms with Gasteiger partial charge in [-0.05, 0) is 80.3 Å². The first kappa shape index (κ1) is 28.0. The summed E-state index contributed by atoms with van der Waals surface area (Å²) in [6.45, 7) is 11.5. The molecule has 3 nitrogen and oxygen atoms in total. The van der Waals surface area contributed by atoms with Crippen LogP contribution in [0.2, 0.25) is 0 Å². The smallest absolute Gasteiger partial charge is 0.202 e. The number of aryl methyl sites for hydroxylation is 3. The van der Waals surface area contributed by atoms with Crippen LogP contribution >= 0.6 is 0 Å². The van der Waals surface area contributed by atoms with Crippen LogP contribution in [-0.4, -0.2) is 0 Å². The minimum absolute atomic E-state index is 0.212. The van der Waals surface area contributed by atoms with Crippen LogP contribution < -0.4 is 9.13 Å². The van der Waals surface area contributed by atoms with Gasteiger partial charge < -0.3 is 4.42 Å². The predicted octanol–water partition coefficient (Wildman–Crippen LogP) is 8.69. The lowest BCUT2D eigenvalue weighted by atomic mass is 9.72. The first-order chi connectivity index (χ1) is 21.1. The Morgan fingerprint density at radius 3 is 2.00 bits per heavy atom. The number of benzene rings is 4. The quantitative estimate of drug-likeness (QED) is 0.188. The standard InChI is InChI=1S/C41H40N2O/c1-27-15-8-11-18-33(27)40(3,4)35-20-14-21-37(43(35)7)41(5,36-19-12-13-24-42(36)6)38-28(2)22-23-31-32-25-29-16-9-10-17-30(29)26-34(32)44-39(31)38/h8-26H,1-7H3/q+2. The summed E-state index contributed by atoms with van der Waals surface area (Å²) in [7, 11) is 4.38. The van der Waals surface area contributed by atoms with Gasteiger partial charge in [0.15, 0.2) is 17.3 Å². The Morgan fingerprint density at radius 1 is 0.591 bits per heavy atom. The van der Waals surface area contributed by atoms with Crippen LogP contribution in [0.5, 0.6) is 0 Å². The number of nitrogens with zero attached hydrogens (tertiary/aromatic N) is 2. The Labute approximate surface area is 260 Å². The Kier molecular flexibility index (Phi) is 6.48. The molecule has 0 aliphatic rings. The molecule has 218 valence electrons. The van der Waals surface area contributed by atoms with Crippen molar-refractivity contribution in [2.45, 2.75) is 45.4 Å². The maximum atomic E-state index is 6.91. The average Bonchev–Trinajstić information content (AvgIpc) is 3.36. The summed E-state index contributed by atoms with van der Waals surface area (Å²) in [5.41, 5.74) is 9.81. The zero-order valence-electron chi connectivity index (χ0n) is 26.8. The van der Waals surface area contributed by atoms with Crippen molar-refractivity contribution >= 4 is 32.7 Å². The van der Waals surface area contributed by atoms with E-state index in [2.05, 4.69) is 173 Å². The number of fused-ring (bicyclic) bond motifs is 4. The fourth-order valence-electron chi connectivity index (χ4n) is 7.80. The van der Waals surface area contributed by atoms with E-state index >= 15 is 0 Å². The SMILES string of the molecule is Cc1ccccc1C(C)(C)c1cccc(C(C)(c2c(C)ccc3c2oc2cc4ccccc4cc23)c2cccc[n+]2C)[n+]1C. The van der Waals surface area contributed by atoms with Crippen molar-refractivity contribution in [3.8, 4) is 0 Å². The minimum Gasteiger partial charge on any atom is -0.456 e. The van der Waals surface area contributed by atoms with E-state index in [1.165, 1.54) is 50.1 Å². The molecule has 0 aliphatic carbocycles. The molecule has 3 aromatic heterocycles. The molecule has 0 saturated carbocycles. The van der Waals surface area contributed by atoms with Crippen LogP contribution in [0.1, 0.15) is 60.1 Å². The molecule has 3 heteroatoms. The van der Waals surface area contributed by atoms with Crippen LogP contribution in [0.3, 0.4) is 0 Å². The molecule has 0 aliphatic heterocycles. The summed E-state index contributed by atoms with van der Waals surface area (Å²) in [5.74, 6) is 0. The summed E-state index contributed by atoms with van der Waals surface area (Å²) >= 11 is 0. The van der Waals surface area contributed by atoms with Crippen molar-refractivity contribution in [2.75, 3.05) is 0 Å². The molecular weight excluding hydrogens is 536 g/mol. The van der Waals surface area contributed by atoms with Gasteiger partial charge in [-0.3, -0.25) is 0 Å². The zero-order chi connectivity index (χ0) is 30.8. The number of hydrogen-bond donors (Lipinski definition) is 0. The van der Waals surface area contributed by atoms with Gasteiger partial charge in [-0.1, -0.05) is 66.7 Å². The van der Waals surface area contributed by atoms with E-state index in [9.17, 15) is 0 Å². The van der Waals surface area contributed by atoms with Gasteiger partial charge in [0.05, 0.1) is 5.41 Å². The van der Waals surface area contributed by atoms with Crippen LogP contribution in [0.25, 0.3) is 32.7 Å². The summed E-state index contributed by atoms with van der Waals surface area (Å²) in [6, 6.07) is 39.6. The maximum absolute atomic E-state index is 6.91. The van der Waals surface area contributed by atoms with E-state index < -0.39 is 5.41 Å². The molecular formula is C41H40N2O+2. The van der Waals surface area contributed by atoms with Crippen molar-refractivity contribution < 1.29 is 13.6 Å². The number of aromatic nitrogens is 2. The van der Waals surface area contributed by atoms with Crippen molar-refractivity contribution in [2.24, 2.45) is 14.1 Å². The molecule has 1 atom stereocenters. The van der Waals surface area contributed by atoms with Crippen molar-refractivity contribution in [3.05, 3.63) is 155 Å². The summed E-state index contributed by atoms with van der Waals surface area (Å²) in [5, 5.41) is 4.71. The van der Waals surface area contributed by atoms with Gasteiger partial charge in [0, 0.05) is 40.6 Å². The highest BCUT2D eigenvalue weighted by molar-refractivity contribution is 6.11. The van der Waals surface area contributed by atoms with Gasteiger partial charge in [0.25, 0.3) is 0 Å². The lowest BCUT2D eigenvalue weighted by Crippen LogP contribution is -2.53. The van der Waals surface area contributed by atoms with E-state index in [4.69, 9.17) is 4.42 Å². The molecule has 0 spiro atoms. The van der Waals surface area contributed by atoms with E-state index in [1.54, 1.807) is 0 Å². The highest BCUT2D eigenvalue weighted by Gasteiger charge is 2.48. The lowest BCUT2D eigenvalue weighted by molar-refractivity contribution is -0.702. The Morgan fingerprint density at radius 2 is 1.25 bits per heavy atom. The maximum Gasteiger partial charge on any atom is 0.202 e. The Hall–Kier alpha value is -4.76. The third-order valence-electron chi connectivity index (χ3n) is 9.99. The second kappa shape index (κ2) is 10.2. The van der Waals surface area contributed by atoms with Gasteiger partial charge in [-0.25, -0.2) is 9.13 Å². The summed E-state index contributed by atoms with van der Waals surface area (Å²) in [6.07, 6.45) is 2.15. The van der Waals surface area contributed by atoms with Gasteiger partial charge in [-0.15, -0.1) is 0 Å². The van der Waals surface area contributed by atoms with E-state index in [0.29, 0.717) is 0 Å². The monoisotopic (exact) mass is 576 g/mol. The highest BCUT2D eigenvalue weighted by Crippen LogP contribution is 2.45. The number of hydrogen-bond acceptors (Lipinski definition) is 1. The largest absolute Gasteiger partial charge is 0.456 e. The Bertz CT molecular complexity index is 2220. The van der Waals surface area contributed by atoms with Gasteiger partial charge >= 0.3 is 0 Å². The van der Waals surface area contributed by atoms with Gasteiger partial charge in [0.1, 0.15) is 25.3 Å². The number of pyridine rings is 2. The first-order valence-corrected chi connectivity index (χ1v) is 15.5. The second-order valence-electron chi connectivity index (χ2n) is 13.0. The lowest BCUT2D eigenvalue weighted by Gasteiger charge is -2.30. The zero-order valence-corrected chi connectivity index (χ0v) is 26.8. The molecule has 0 N–H and O–H groups in total. The molecule has 4 aromatic carbocycles. The predicted molar refractivity (Wildman–Crippen MR) is 180 cm³/mol. The molecule has 0 saturated heterocycles. The van der Waals surface area contributed by atoms with Crippen molar-refractivity contribution in [1.82, 2.24) is 0 Å². The molecule has 0 radical (unpaired) electrons. The van der Waals surface area contributed by atoms with Crippen LogP contribution in [-0.2, 0) is 24.9 Å². The molecule has 0 amide bonds. The number of rotatable bonds is 5. The van der Waals surface area contributed by atoms with E-state index in [1.807, 2.05) is 0 Å². The molecule has 0 bridgehead atoms. The minimum atomic E-state index is -0.542.